The molecule has 0 saturated heterocycles. The summed E-state index contributed by atoms with van der Waals surface area (Å²) >= 11 is 0. The summed E-state index contributed by atoms with van der Waals surface area (Å²) in [5, 5.41) is 2.21. The summed E-state index contributed by atoms with van der Waals surface area (Å²) in [6.07, 6.45) is 0. The van der Waals surface area contributed by atoms with Crippen LogP contribution >= 0.6 is 0 Å². The molecule has 2 rings (SSSR count). The Hall–Kier alpha value is -2.11. The molecule has 0 aromatic heterocycles. The van der Waals surface area contributed by atoms with Crippen molar-refractivity contribution in [3.05, 3.63) is 65.0 Å². The van der Waals surface area contributed by atoms with Gasteiger partial charge in [-0.05, 0) is 12.1 Å². The minimum Gasteiger partial charge on any atom is -0.376 e. The van der Waals surface area contributed by atoms with Gasteiger partial charge in [0.05, 0.1) is 0 Å². The summed E-state index contributed by atoms with van der Waals surface area (Å²) in [6.45, 7) is -0.460. The van der Waals surface area contributed by atoms with E-state index >= 15 is 0 Å². The molecule has 0 saturated carbocycles. The van der Waals surface area contributed by atoms with E-state index in [-0.39, 0.29) is 5.56 Å². The highest BCUT2D eigenvalue weighted by Gasteiger charge is 2.13. The lowest BCUT2D eigenvalue weighted by Gasteiger charge is -2.10. The largest absolute Gasteiger partial charge is 0.376 e. The Morgan fingerprint density at radius 2 is 1.32 bits per heavy atom. The van der Waals surface area contributed by atoms with Gasteiger partial charge < -0.3 is 5.32 Å². The average molecular weight is 273 g/mol. The van der Waals surface area contributed by atoms with E-state index in [0.717, 1.165) is 12.1 Å². The third-order valence-electron chi connectivity index (χ3n) is 2.51. The summed E-state index contributed by atoms with van der Waals surface area (Å²) in [7, 11) is 0. The van der Waals surface area contributed by atoms with Crippen LogP contribution in [0.4, 0.5) is 27.6 Å². The molecule has 100 valence electrons. The van der Waals surface area contributed by atoms with Crippen LogP contribution in [0.15, 0.2) is 30.3 Å². The molecule has 0 atom stereocenters. The molecule has 6 heteroatoms. The highest BCUT2D eigenvalue weighted by Crippen LogP contribution is 2.22. The maximum absolute atomic E-state index is 13.3. The Kier molecular flexibility index (Phi) is 3.69. The fourth-order valence-corrected chi connectivity index (χ4v) is 1.59. The zero-order chi connectivity index (χ0) is 14.0. The molecule has 0 spiro atoms. The van der Waals surface area contributed by atoms with Crippen LogP contribution < -0.4 is 5.32 Å². The van der Waals surface area contributed by atoms with E-state index < -0.39 is 41.3 Å². The van der Waals surface area contributed by atoms with Crippen LogP contribution in [-0.4, -0.2) is 0 Å². The molecule has 0 aliphatic carbocycles. The van der Waals surface area contributed by atoms with E-state index in [1.54, 1.807) is 0 Å². The molecule has 0 aliphatic rings. The van der Waals surface area contributed by atoms with Gasteiger partial charge in [0, 0.05) is 24.2 Å². The van der Waals surface area contributed by atoms with Crippen LogP contribution in [0.2, 0.25) is 0 Å². The van der Waals surface area contributed by atoms with Gasteiger partial charge in [-0.15, -0.1) is 0 Å². The molecule has 2 aromatic rings. The van der Waals surface area contributed by atoms with Gasteiger partial charge >= 0.3 is 0 Å². The number of anilines is 1. The van der Waals surface area contributed by atoms with Crippen molar-refractivity contribution in [2.24, 2.45) is 0 Å². The first-order valence-corrected chi connectivity index (χ1v) is 5.30. The lowest BCUT2D eigenvalue weighted by molar-refractivity contribution is 0.542. The first kappa shape index (κ1) is 13.3. The monoisotopic (exact) mass is 273 g/mol. The SMILES string of the molecule is Fc1cc(F)c(NCc2c(F)cccc2F)c(F)c1. The Morgan fingerprint density at radius 3 is 1.84 bits per heavy atom. The van der Waals surface area contributed by atoms with Crippen LogP contribution in [-0.2, 0) is 6.54 Å². The lowest BCUT2D eigenvalue weighted by atomic mass is 10.2. The molecule has 1 nitrogen and oxygen atoms in total. The number of hydrogen-bond donors (Lipinski definition) is 1. The van der Waals surface area contributed by atoms with Crippen LogP contribution in [0.1, 0.15) is 5.56 Å². The van der Waals surface area contributed by atoms with Crippen molar-refractivity contribution in [3.63, 3.8) is 0 Å². The first-order valence-electron chi connectivity index (χ1n) is 5.30. The number of rotatable bonds is 3. The van der Waals surface area contributed by atoms with Crippen molar-refractivity contribution in [1.29, 1.82) is 0 Å². The van der Waals surface area contributed by atoms with Crippen molar-refractivity contribution in [2.75, 3.05) is 5.32 Å². The zero-order valence-electron chi connectivity index (χ0n) is 9.48. The maximum Gasteiger partial charge on any atom is 0.152 e. The minimum absolute atomic E-state index is 0.356. The molecule has 0 unspecified atom stereocenters. The highest BCUT2D eigenvalue weighted by molar-refractivity contribution is 5.47. The Morgan fingerprint density at radius 1 is 0.789 bits per heavy atom. The van der Waals surface area contributed by atoms with Gasteiger partial charge in [0.2, 0.25) is 0 Å². The quantitative estimate of drug-likeness (QED) is 0.834. The number of hydrogen-bond acceptors (Lipinski definition) is 1. The van der Waals surface area contributed by atoms with Crippen LogP contribution in [0.25, 0.3) is 0 Å². The molecular weight excluding hydrogens is 265 g/mol. The zero-order valence-corrected chi connectivity index (χ0v) is 9.48. The third kappa shape index (κ3) is 2.83. The summed E-state index contributed by atoms with van der Waals surface area (Å²) in [5.74, 6) is -5.09. The Bertz CT molecular complexity index is 569. The van der Waals surface area contributed by atoms with Crippen molar-refractivity contribution in [3.8, 4) is 0 Å². The Labute approximate surface area is 105 Å². The maximum atomic E-state index is 13.3. The van der Waals surface area contributed by atoms with Crippen molar-refractivity contribution in [2.45, 2.75) is 6.54 Å². The molecule has 2 aromatic carbocycles. The van der Waals surface area contributed by atoms with E-state index in [1.165, 1.54) is 6.07 Å². The van der Waals surface area contributed by atoms with Gasteiger partial charge in [-0.1, -0.05) is 6.07 Å². The van der Waals surface area contributed by atoms with E-state index in [2.05, 4.69) is 5.32 Å². The number of nitrogens with one attached hydrogen (secondary N) is 1. The van der Waals surface area contributed by atoms with Crippen LogP contribution in [0.5, 0.6) is 0 Å². The highest BCUT2D eigenvalue weighted by atomic mass is 19.2. The molecule has 0 bridgehead atoms. The molecule has 0 amide bonds. The van der Waals surface area contributed by atoms with Gasteiger partial charge in [0.15, 0.2) is 11.6 Å². The summed E-state index contributed by atoms with van der Waals surface area (Å²) < 4.78 is 65.8. The molecule has 1 N–H and O–H groups in total. The molecular formula is C13H8F5N. The Balaban J connectivity index is 2.24. The second kappa shape index (κ2) is 5.26. The number of halogens is 5. The predicted molar refractivity (Wildman–Crippen MR) is 60.0 cm³/mol. The summed E-state index contributed by atoms with van der Waals surface area (Å²) in [5.41, 5.74) is -0.991. The second-order valence-electron chi connectivity index (χ2n) is 3.80. The van der Waals surface area contributed by atoms with E-state index in [0.29, 0.717) is 12.1 Å². The van der Waals surface area contributed by atoms with Gasteiger partial charge in [-0.3, -0.25) is 0 Å². The molecule has 0 radical (unpaired) electrons. The fraction of sp³-hybridized carbons (Fsp3) is 0.0769. The molecule has 0 heterocycles. The van der Waals surface area contributed by atoms with Crippen LogP contribution in [0, 0.1) is 29.1 Å². The second-order valence-corrected chi connectivity index (χ2v) is 3.80. The standard InChI is InChI=1S/C13H8F5N/c14-7-4-11(17)13(12(18)5-7)19-6-8-9(15)2-1-3-10(8)16/h1-5,19H,6H2. The smallest absolute Gasteiger partial charge is 0.152 e. The molecule has 0 fully saturated rings. The third-order valence-corrected chi connectivity index (χ3v) is 2.51. The topological polar surface area (TPSA) is 12.0 Å². The average Bonchev–Trinajstić information content (AvgIpc) is 2.31. The van der Waals surface area contributed by atoms with Gasteiger partial charge in [0.25, 0.3) is 0 Å². The van der Waals surface area contributed by atoms with E-state index in [4.69, 9.17) is 0 Å². The van der Waals surface area contributed by atoms with Gasteiger partial charge in [-0.2, -0.15) is 0 Å². The minimum atomic E-state index is -1.17. The van der Waals surface area contributed by atoms with E-state index in [1.807, 2.05) is 0 Å². The molecule has 19 heavy (non-hydrogen) atoms. The van der Waals surface area contributed by atoms with Gasteiger partial charge in [-0.25, -0.2) is 22.0 Å². The predicted octanol–water partition coefficient (Wildman–Crippen LogP) is 3.99. The molecule has 0 aliphatic heterocycles. The normalized spacial score (nSPS) is 10.6. The fourth-order valence-electron chi connectivity index (χ4n) is 1.59. The van der Waals surface area contributed by atoms with E-state index in [9.17, 15) is 22.0 Å². The lowest BCUT2D eigenvalue weighted by Crippen LogP contribution is -2.07. The van der Waals surface area contributed by atoms with Crippen LogP contribution in [0.3, 0.4) is 0 Å². The summed E-state index contributed by atoms with van der Waals surface area (Å²) in [6, 6.07) is 4.18. The van der Waals surface area contributed by atoms with Gasteiger partial charge in [0.1, 0.15) is 23.1 Å². The summed E-state index contributed by atoms with van der Waals surface area (Å²) in [4.78, 5) is 0. The van der Waals surface area contributed by atoms with Crippen molar-refractivity contribution in [1.82, 2.24) is 0 Å². The van der Waals surface area contributed by atoms with Crippen molar-refractivity contribution >= 4 is 5.69 Å². The first-order chi connectivity index (χ1) is 8.99. The van der Waals surface area contributed by atoms with Crippen molar-refractivity contribution < 1.29 is 22.0 Å². The number of benzene rings is 2.